The molecule has 0 saturated carbocycles. The minimum Gasteiger partial charge on any atom is -0.313 e. The highest BCUT2D eigenvalue weighted by atomic mass is 19.1. The monoisotopic (exact) mass is 226 g/mol. The summed E-state index contributed by atoms with van der Waals surface area (Å²) in [5.41, 5.74) is 0.310. The van der Waals surface area contributed by atoms with E-state index in [4.69, 9.17) is 0 Å². The minimum atomic E-state index is -1.11. The Bertz CT molecular complexity index is 398. The molecule has 0 aliphatic heterocycles. The summed E-state index contributed by atoms with van der Waals surface area (Å²) >= 11 is 0. The number of aromatic nitrogens is 1. The van der Waals surface area contributed by atoms with Crippen LogP contribution in [0.15, 0.2) is 23.1 Å². The van der Waals surface area contributed by atoms with Crippen molar-refractivity contribution in [2.24, 2.45) is 0 Å². The van der Waals surface area contributed by atoms with Crippen LogP contribution in [0, 0.1) is 0 Å². The molecule has 90 valence electrons. The molecule has 0 N–H and O–H groups in total. The van der Waals surface area contributed by atoms with Gasteiger partial charge in [-0.2, -0.15) is 0 Å². The van der Waals surface area contributed by atoms with E-state index in [1.807, 2.05) is 27.9 Å². The first kappa shape index (κ1) is 12.9. The third-order valence-electron chi connectivity index (χ3n) is 2.42. The molecule has 1 heterocycles. The van der Waals surface area contributed by atoms with Crippen LogP contribution in [0.2, 0.25) is 0 Å². The lowest BCUT2D eigenvalue weighted by molar-refractivity contribution is 0.250. The fraction of sp³-hybridized carbons (Fsp3) is 0.583. The zero-order valence-corrected chi connectivity index (χ0v) is 10.3. The van der Waals surface area contributed by atoms with Crippen molar-refractivity contribution in [1.29, 1.82) is 0 Å². The number of alkyl halides is 1. The van der Waals surface area contributed by atoms with E-state index < -0.39 is 6.17 Å². The van der Waals surface area contributed by atoms with Gasteiger partial charge in [-0.15, -0.1) is 0 Å². The van der Waals surface area contributed by atoms with Crippen molar-refractivity contribution in [3.05, 3.63) is 34.2 Å². The maximum atomic E-state index is 13.7. The maximum Gasteiger partial charge on any atom is 0.251 e. The van der Waals surface area contributed by atoms with Gasteiger partial charge in [-0.1, -0.05) is 0 Å². The molecule has 1 aromatic heterocycles. The summed E-state index contributed by atoms with van der Waals surface area (Å²) in [7, 11) is 3.61. The Morgan fingerprint density at radius 2 is 2.06 bits per heavy atom. The van der Waals surface area contributed by atoms with Gasteiger partial charge in [0.15, 0.2) is 0 Å². The third-order valence-corrected chi connectivity index (χ3v) is 2.42. The van der Waals surface area contributed by atoms with Crippen molar-refractivity contribution >= 4 is 0 Å². The summed E-state index contributed by atoms with van der Waals surface area (Å²) in [6.45, 7) is 4.15. The van der Waals surface area contributed by atoms with Gasteiger partial charge in [0, 0.05) is 24.8 Å². The summed E-state index contributed by atoms with van der Waals surface area (Å²) < 4.78 is 15.3. The first-order chi connectivity index (χ1) is 7.41. The highest BCUT2D eigenvalue weighted by Crippen LogP contribution is 2.16. The molecule has 0 bridgehead atoms. The number of hydrogen-bond donors (Lipinski definition) is 0. The quantitative estimate of drug-likeness (QED) is 0.784. The van der Waals surface area contributed by atoms with Crippen LogP contribution < -0.4 is 5.56 Å². The van der Waals surface area contributed by atoms with Crippen LogP contribution in [0.1, 0.15) is 31.6 Å². The first-order valence-electron chi connectivity index (χ1n) is 5.42. The number of halogens is 1. The van der Waals surface area contributed by atoms with Crippen molar-refractivity contribution in [3.8, 4) is 0 Å². The second-order valence-corrected chi connectivity index (χ2v) is 4.53. The third kappa shape index (κ3) is 3.17. The second-order valence-electron chi connectivity index (χ2n) is 4.53. The molecule has 0 aliphatic carbocycles. The van der Waals surface area contributed by atoms with Gasteiger partial charge < -0.3 is 9.47 Å². The van der Waals surface area contributed by atoms with Crippen LogP contribution in [0.4, 0.5) is 4.39 Å². The predicted octanol–water partition coefficient (Wildman–Crippen LogP) is 2.00. The Kier molecular flexibility index (Phi) is 4.24. The molecule has 0 aliphatic rings. The summed E-state index contributed by atoms with van der Waals surface area (Å²) in [6.07, 6.45) is 0.550. The van der Waals surface area contributed by atoms with Gasteiger partial charge in [0.05, 0.1) is 0 Å². The van der Waals surface area contributed by atoms with Gasteiger partial charge in [-0.05, 0) is 39.6 Å². The lowest BCUT2D eigenvalue weighted by atomic mass is 10.1. The minimum absolute atomic E-state index is 0.105. The molecular formula is C12H19FN2O. The van der Waals surface area contributed by atoms with Crippen molar-refractivity contribution in [2.75, 3.05) is 20.6 Å². The topological polar surface area (TPSA) is 25.2 Å². The highest BCUT2D eigenvalue weighted by Gasteiger charge is 2.12. The molecule has 4 heteroatoms. The van der Waals surface area contributed by atoms with E-state index in [1.54, 1.807) is 21.7 Å². The smallest absolute Gasteiger partial charge is 0.251 e. The van der Waals surface area contributed by atoms with Crippen molar-refractivity contribution < 1.29 is 4.39 Å². The molecule has 0 amide bonds. The van der Waals surface area contributed by atoms with Crippen LogP contribution in [0.25, 0.3) is 0 Å². The first-order valence-corrected chi connectivity index (χ1v) is 5.42. The molecule has 0 aromatic carbocycles. The number of hydrogen-bond acceptors (Lipinski definition) is 2. The Hall–Kier alpha value is -1.16. The molecule has 0 radical (unpaired) electrons. The lowest BCUT2D eigenvalue weighted by Crippen LogP contribution is -2.23. The van der Waals surface area contributed by atoms with E-state index in [0.29, 0.717) is 12.1 Å². The zero-order chi connectivity index (χ0) is 12.3. The van der Waals surface area contributed by atoms with Crippen LogP contribution in [-0.4, -0.2) is 30.1 Å². The van der Waals surface area contributed by atoms with Gasteiger partial charge in [0.25, 0.3) is 5.56 Å². The Labute approximate surface area is 95.5 Å². The van der Waals surface area contributed by atoms with Crippen LogP contribution in [-0.2, 0) is 0 Å². The molecular weight excluding hydrogens is 207 g/mol. The Morgan fingerprint density at radius 1 is 1.44 bits per heavy atom. The number of nitrogens with zero attached hydrogens (tertiary/aromatic N) is 2. The van der Waals surface area contributed by atoms with Gasteiger partial charge in [-0.3, -0.25) is 4.79 Å². The summed E-state index contributed by atoms with van der Waals surface area (Å²) in [5, 5.41) is 0. The molecule has 3 nitrogen and oxygen atoms in total. The number of likely N-dealkylation sites (N-methyl/N-ethyl adjacent to an activating group) is 1. The molecule has 0 saturated heterocycles. The fourth-order valence-electron chi connectivity index (χ4n) is 1.55. The molecule has 16 heavy (non-hydrogen) atoms. The van der Waals surface area contributed by atoms with Crippen molar-refractivity contribution in [3.63, 3.8) is 0 Å². The summed E-state index contributed by atoms with van der Waals surface area (Å²) in [4.78, 5) is 13.4. The van der Waals surface area contributed by atoms with E-state index in [2.05, 4.69) is 0 Å². The standard InChI is InChI=1S/C12H19FN2O/c1-9(2)15-6-5-10(7-12(15)16)11(13)8-14(3)4/h5-7,9,11H,8H2,1-4H3. The predicted molar refractivity (Wildman–Crippen MR) is 63.5 cm³/mol. The average Bonchev–Trinajstić information content (AvgIpc) is 2.15. The normalized spacial score (nSPS) is 13.4. The summed E-state index contributed by atoms with van der Waals surface area (Å²) in [6, 6.07) is 3.16. The van der Waals surface area contributed by atoms with Gasteiger partial charge in [0.2, 0.25) is 0 Å². The Balaban J connectivity index is 2.93. The molecule has 1 unspecified atom stereocenters. The highest BCUT2D eigenvalue weighted by molar-refractivity contribution is 5.15. The zero-order valence-electron chi connectivity index (χ0n) is 10.3. The summed E-state index contributed by atoms with van der Waals surface area (Å²) in [5.74, 6) is 0. The van der Waals surface area contributed by atoms with E-state index in [1.165, 1.54) is 6.07 Å². The lowest BCUT2D eigenvalue weighted by Gasteiger charge is -2.15. The van der Waals surface area contributed by atoms with Gasteiger partial charge in [0.1, 0.15) is 6.17 Å². The maximum absolute atomic E-state index is 13.7. The van der Waals surface area contributed by atoms with E-state index in [0.717, 1.165) is 0 Å². The van der Waals surface area contributed by atoms with E-state index >= 15 is 0 Å². The van der Waals surface area contributed by atoms with Crippen molar-refractivity contribution in [1.82, 2.24) is 9.47 Å². The van der Waals surface area contributed by atoms with Crippen molar-refractivity contribution in [2.45, 2.75) is 26.1 Å². The Morgan fingerprint density at radius 3 is 2.50 bits per heavy atom. The van der Waals surface area contributed by atoms with Gasteiger partial charge in [-0.25, -0.2) is 4.39 Å². The van der Waals surface area contributed by atoms with E-state index in [9.17, 15) is 9.18 Å². The fourth-order valence-corrected chi connectivity index (χ4v) is 1.55. The average molecular weight is 226 g/mol. The molecule has 1 atom stereocenters. The SMILES string of the molecule is CC(C)n1ccc(C(F)CN(C)C)cc1=O. The number of pyridine rings is 1. The van der Waals surface area contributed by atoms with Crippen LogP contribution in [0.5, 0.6) is 0 Å². The second kappa shape index (κ2) is 5.25. The van der Waals surface area contributed by atoms with Crippen LogP contribution >= 0.6 is 0 Å². The molecule has 1 aromatic rings. The van der Waals surface area contributed by atoms with Gasteiger partial charge >= 0.3 is 0 Å². The van der Waals surface area contributed by atoms with E-state index in [-0.39, 0.29) is 11.6 Å². The largest absolute Gasteiger partial charge is 0.313 e. The molecule has 0 fully saturated rings. The number of rotatable bonds is 4. The molecule has 1 rings (SSSR count). The molecule has 0 spiro atoms. The van der Waals surface area contributed by atoms with Crippen LogP contribution in [0.3, 0.4) is 0 Å².